The summed E-state index contributed by atoms with van der Waals surface area (Å²) >= 11 is 2.19. The highest BCUT2D eigenvalue weighted by atomic mass is 127. The molecule has 1 aromatic carbocycles. The fourth-order valence-electron chi connectivity index (χ4n) is 3.16. The van der Waals surface area contributed by atoms with Crippen molar-refractivity contribution in [1.82, 2.24) is 14.2 Å². The molecule has 4 rings (SSSR count). The molecule has 1 aliphatic heterocycles. The van der Waals surface area contributed by atoms with E-state index < -0.39 is 31.0 Å². The summed E-state index contributed by atoms with van der Waals surface area (Å²) in [7, 11) is 0.930. The maximum absolute atomic E-state index is 12.4. The van der Waals surface area contributed by atoms with E-state index in [1.54, 1.807) is 6.07 Å². The van der Waals surface area contributed by atoms with Gasteiger partial charge in [-0.15, -0.1) is 5.10 Å². The topological polar surface area (TPSA) is 74.3 Å². The van der Waals surface area contributed by atoms with Gasteiger partial charge in [0.15, 0.2) is 0 Å². The number of anilines is 1. The van der Waals surface area contributed by atoms with Crippen LogP contribution in [0.1, 0.15) is 27.7 Å². The van der Waals surface area contributed by atoms with Crippen LogP contribution in [0.4, 0.5) is 19.2 Å². The van der Waals surface area contributed by atoms with Gasteiger partial charge in [0.25, 0.3) is 0 Å². The van der Waals surface area contributed by atoms with E-state index in [9.17, 15) is 13.2 Å². The van der Waals surface area contributed by atoms with E-state index in [1.807, 2.05) is 50.0 Å². The minimum absolute atomic E-state index is 0.112. The molecule has 0 amide bonds. The molecular weight excluding hydrogens is 547 g/mol. The van der Waals surface area contributed by atoms with E-state index in [0.29, 0.717) is 5.56 Å². The maximum Gasteiger partial charge on any atom is 0.497 e. The highest BCUT2D eigenvalue weighted by Gasteiger charge is 2.52. The van der Waals surface area contributed by atoms with Crippen molar-refractivity contribution in [3.8, 4) is 11.5 Å². The largest absolute Gasteiger partial charge is 0.497 e. The zero-order valence-electron chi connectivity index (χ0n) is 17.1. The average molecular weight is 566 g/mol. The molecule has 3 heterocycles. The Bertz CT molecular complexity index is 1100. The van der Waals surface area contributed by atoms with E-state index in [4.69, 9.17) is 13.7 Å². The third kappa shape index (κ3) is 4.41. The zero-order valence-corrected chi connectivity index (χ0v) is 20.1. The van der Waals surface area contributed by atoms with E-state index in [-0.39, 0.29) is 11.9 Å². The molecule has 0 aliphatic carbocycles. The first kappa shape index (κ1) is 22.7. The van der Waals surface area contributed by atoms with Crippen LogP contribution >= 0.6 is 30.3 Å². The molecule has 0 saturated carbocycles. The predicted molar refractivity (Wildman–Crippen MR) is 122 cm³/mol. The molecule has 1 saturated heterocycles. The molecule has 1 aliphatic rings. The number of rotatable bonds is 5. The first-order valence-corrected chi connectivity index (χ1v) is 12.7. The number of aromatic nitrogens is 3. The molecule has 166 valence electrons. The van der Waals surface area contributed by atoms with E-state index in [0.717, 1.165) is 16.4 Å². The summed E-state index contributed by atoms with van der Waals surface area (Å²) in [6.45, 7) is 6.68. The van der Waals surface area contributed by atoms with Gasteiger partial charge in [0.1, 0.15) is 6.54 Å². The van der Waals surface area contributed by atoms with Crippen LogP contribution in [0.5, 0.6) is 0 Å². The highest BCUT2D eigenvalue weighted by molar-refractivity contribution is 14.2. The Kier molecular flexibility index (Phi) is 5.76. The first-order chi connectivity index (χ1) is 14.4. The Morgan fingerprint density at radius 1 is 1.16 bits per heavy atom. The van der Waals surface area contributed by atoms with Crippen molar-refractivity contribution in [3.05, 3.63) is 24.4 Å². The van der Waals surface area contributed by atoms with Gasteiger partial charge in [0.05, 0.1) is 16.7 Å². The number of halogens is 4. The molecule has 0 atom stereocenters. The SMILES string of the molecule is CC1(C)OB(c2cn(SI)c3ccc(-c4nnc(NCC(F)(F)F)o4)cc23)OC1(C)C. The molecule has 7 nitrogen and oxygen atoms in total. The fraction of sp³-hybridized carbons (Fsp3) is 0.444. The predicted octanol–water partition coefficient (Wildman–Crippen LogP) is 4.81. The molecule has 1 N–H and O–H groups in total. The number of hydrogen-bond acceptors (Lipinski definition) is 7. The average Bonchev–Trinajstić information content (AvgIpc) is 3.33. The van der Waals surface area contributed by atoms with Gasteiger partial charge in [-0.05, 0) is 45.9 Å². The van der Waals surface area contributed by atoms with Crippen LogP contribution in [0, 0.1) is 0 Å². The Morgan fingerprint density at radius 3 is 2.45 bits per heavy atom. The number of nitrogens with one attached hydrogen (secondary N) is 1. The standard InChI is InChI=1S/C18H19BF3IN4O3S/c1-16(2)17(3,4)30-19(29-16)12-8-27(31-23)13-6-5-10(7-11(12)13)14-25-26-15(28-14)24-9-18(20,21)22/h5-8H,9H2,1-4H3,(H,24,26). The van der Waals surface area contributed by atoms with Gasteiger partial charge in [-0.1, -0.05) is 5.10 Å². The van der Waals surface area contributed by atoms with Crippen molar-refractivity contribution < 1.29 is 26.9 Å². The number of nitrogens with zero attached hydrogens (tertiary/aromatic N) is 3. The van der Waals surface area contributed by atoms with Gasteiger partial charge in [0, 0.05) is 52.9 Å². The molecule has 0 unspecified atom stereocenters. The summed E-state index contributed by atoms with van der Waals surface area (Å²) < 4.78 is 57.0. The Balaban J connectivity index is 1.69. The zero-order chi connectivity index (χ0) is 22.6. The molecule has 1 fully saturated rings. The van der Waals surface area contributed by atoms with Gasteiger partial charge < -0.3 is 19.0 Å². The minimum atomic E-state index is -4.38. The van der Waals surface area contributed by atoms with E-state index >= 15 is 0 Å². The molecular formula is C18H19BF3IN4O3S. The van der Waals surface area contributed by atoms with Crippen LogP contribution in [0.15, 0.2) is 28.8 Å². The fourth-order valence-corrected chi connectivity index (χ4v) is 4.52. The van der Waals surface area contributed by atoms with Crippen LogP contribution in [0.3, 0.4) is 0 Å². The monoisotopic (exact) mass is 566 g/mol. The summed E-state index contributed by atoms with van der Waals surface area (Å²) in [6, 6.07) is 5.22. The Labute approximate surface area is 193 Å². The lowest BCUT2D eigenvalue weighted by Gasteiger charge is -2.32. The third-order valence-corrected chi connectivity index (χ3v) is 7.22. The normalized spacial score (nSPS) is 18.1. The van der Waals surface area contributed by atoms with Gasteiger partial charge in [-0.2, -0.15) is 13.2 Å². The van der Waals surface area contributed by atoms with Gasteiger partial charge in [-0.3, -0.25) is 3.97 Å². The third-order valence-electron chi connectivity index (χ3n) is 5.49. The van der Waals surface area contributed by atoms with Gasteiger partial charge in [0.2, 0.25) is 5.89 Å². The molecule has 13 heteroatoms. The van der Waals surface area contributed by atoms with E-state index in [2.05, 4.69) is 36.7 Å². The summed E-state index contributed by atoms with van der Waals surface area (Å²) in [5.41, 5.74) is 1.37. The van der Waals surface area contributed by atoms with Crippen LogP contribution in [0.25, 0.3) is 22.4 Å². The maximum atomic E-state index is 12.4. The minimum Gasteiger partial charge on any atom is -0.403 e. The summed E-state index contributed by atoms with van der Waals surface area (Å²) in [5.74, 6) is 0.112. The second kappa shape index (κ2) is 7.85. The summed E-state index contributed by atoms with van der Waals surface area (Å²) in [5, 5.41) is 10.5. The molecule has 2 aromatic heterocycles. The second-order valence-corrected chi connectivity index (χ2v) is 9.89. The Morgan fingerprint density at radius 2 is 1.84 bits per heavy atom. The lowest BCUT2D eigenvalue weighted by molar-refractivity contribution is -0.115. The van der Waals surface area contributed by atoms with Crippen LogP contribution in [-0.4, -0.2) is 45.2 Å². The van der Waals surface area contributed by atoms with Crippen LogP contribution < -0.4 is 10.8 Å². The summed E-state index contributed by atoms with van der Waals surface area (Å²) in [4.78, 5) is 0. The van der Waals surface area contributed by atoms with Crippen LogP contribution in [-0.2, 0) is 9.31 Å². The summed E-state index contributed by atoms with van der Waals surface area (Å²) in [6.07, 6.45) is -2.43. The molecule has 3 aromatic rings. The smallest absolute Gasteiger partial charge is 0.403 e. The van der Waals surface area contributed by atoms with Crippen molar-refractivity contribution in [1.29, 1.82) is 0 Å². The number of alkyl halides is 3. The number of benzene rings is 1. The van der Waals surface area contributed by atoms with E-state index in [1.165, 1.54) is 9.12 Å². The number of fused-ring (bicyclic) bond motifs is 1. The Hall–Kier alpha value is -1.45. The molecule has 0 spiro atoms. The van der Waals surface area contributed by atoms with Crippen LogP contribution in [0.2, 0.25) is 0 Å². The van der Waals surface area contributed by atoms with Gasteiger partial charge >= 0.3 is 19.3 Å². The number of hydrogen-bond donors (Lipinski definition) is 1. The first-order valence-electron chi connectivity index (χ1n) is 9.34. The molecule has 31 heavy (non-hydrogen) atoms. The lowest BCUT2D eigenvalue weighted by Crippen LogP contribution is -2.41. The van der Waals surface area contributed by atoms with Crippen molar-refractivity contribution in [2.24, 2.45) is 0 Å². The van der Waals surface area contributed by atoms with Gasteiger partial charge in [-0.25, -0.2) is 0 Å². The highest BCUT2D eigenvalue weighted by Crippen LogP contribution is 2.38. The quantitative estimate of drug-likeness (QED) is 0.351. The van der Waals surface area contributed by atoms with Crippen molar-refractivity contribution in [2.75, 3.05) is 11.9 Å². The van der Waals surface area contributed by atoms with Crippen molar-refractivity contribution >= 4 is 59.8 Å². The molecule has 0 bridgehead atoms. The van der Waals surface area contributed by atoms with Crippen molar-refractivity contribution in [3.63, 3.8) is 0 Å². The molecule has 0 radical (unpaired) electrons. The van der Waals surface area contributed by atoms with Crippen molar-refractivity contribution in [2.45, 2.75) is 45.1 Å². The lowest BCUT2D eigenvalue weighted by atomic mass is 9.79. The second-order valence-electron chi connectivity index (χ2n) is 8.18.